The van der Waals surface area contributed by atoms with E-state index in [0.717, 1.165) is 15.8 Å². The number of para-hydroxylation sites is 2. The van der Waals surface area contributed by atoms with Crippen LogP contribution in [-0.2, 0) is 16.6 Å². The topological polar surface area (TPSA) is 71.4 Å². The van der Waals surface area contributed by atoms with E-state index in [4.69, 9.17) is 11.6 Å². The summed E-state index contributed by atoms with van der Waals surface area (Å²) in [5.41, 5.74) is 1.76. The molecule has 1 N–H and O–H groups in total. The molecule has 1 aliphatic heterocycles. The number of urea groups is 1. The number of nitrogens with zero attached hydrogens (tertiary/aromatic N) is 2. The number of hydrogen-bond acceptors (Lipinski definition) is 3. The summed E-state index contributed by atoms with van der Waals surface area (Å²) in [5.74, 6) is -1.45. The van der Waals surface area contributed by atoms with Crippen molar-refractivity contribution < 1.29 is 14.4 Å². The molecule has 0 aliphatic carbocycles. The van der Waals surface area contributed by atoms with Gasteiger partial charge in [0.2, 0.25) is 0 Å². The molecule has 27 heavy (non-hydrogen) atoms. The van der Waals surface area contributed by atoms with Crippen molar-refractivity contribution in [2.75, 3.05) is 4.90 Å². The Kier molecular flexibility index (Phi) is 4.05. The van der Waals surface area contributed by atoms with Gasteiger partial charge in [-0.1, -0.05) is 41.9 Å². The van der Waals surface area contributed by atoms with Crippen LogP contribution in [0.5, 0.6) is 0 Å². The fourth-order valence-electron chi connectivity index (χ4n) is 3.15. The van der Waals surface area contributed by atoms with Gasteiger partial charge >= 0.3 is 6.03 Å². The fraction of sp³-hybridized carbons (Fsp3) is 0.0500. The number of barbiturate groups is 1. The van der Waals surface area contributed by atoms with E-state index in [1.807, 2.05) is 42.1 Å². The Bertz CT molecular complexity index is 1150. The molecule has 2 heterocycles. The molecular formula is C20H14ClN3O3. The molecule has 0 unspecified atom stereocenters. The molecule has 0 bridgehead atoms. The molecule has 1 fully saturated rings. The van der Waals surface area contributed by atoms with Gasteiger partial charge in [-0.15, -0.1) is 0 Å². The third kappa shape index (κ3) is 2.80. The molecule has 1 saturated heterocycles. The molecule has 0 saturated carbocycles. The predicted octanol–water partition coefficient (Wildman–Crippen LogP) is 3.50. The van der Waals surface area contributed by atoms with Crippen LogP contribution in [-0.4, -0.2) is 22.4 Å². The Morgan fingerprint density at radius 2 is 1.70 bits per heavy atom. The summed E-state index contributed by atoms with van der Waals surface area (Å²) in [6, 6.07) is 13.3. The van der Waals surface area contributed by atoms with Gasteiger partial charge in [0.05, 0.1) is 10.7 Å². The number of fused-ring (bicyclic) bond motifs is 1. The summed E-state index contributed by atoms with van der Waals surface area (Å²) in [6.45, 7) is 0. The first-order chi connectivity index (χ1) is 13.0. The Balaban J connectivity index is 1.83. The van der Waals surface area contributed by atoms with Gasteiger partial charge in [-0.25, -0.2) is 9.69 Å². The molecule has 0 atom stereocenters. The number of halogens is 1. The Morgan fingerprint density at radius 3 is 2.48 bits per heavy atom. The van der Waals surface area contributed by atoms with Crippen molar-refractivity contribution in [1.29, 1.82) is 0 Å². The van der Waals surface area contributed by atoms with Crippen molar-refractivity contribution >= 4 is 52.1 Å². The molecule has 1 aliphatic rings. The third-order valence-electron chi connectivity index (χ3n) is 4.42. The number of hydrogen-bond donors (Lipinski definition) is 1. The van der Waals surface area contributed by atoms with Gasteiger partial charge in [-0.05, 0) is 24.3 Å². The minimum Gasteiger partial charge on any atom is -0.350 e. The number of aromatic nitrogens is 1. The number of aryl methyl sites for hydroxylation is 1. The normalized spacial score (nSPS) is 16.3. The summed E-state index contributed by atoms with van der Waals surface area (Å²) < 4.78 is 1.91. The maximum atomic E-state index is 13.0. The molecule has 2 aromatic carbocycles. The van der Waals surface area contributed by atoms with Gasteiger partial charge in [0.25, 0.3) is 11.8 Å². The summed E-state index contributed by atoms with van der Waals surface area (Å²) in [5, 5.41) is 3.34. The molecule has 7 heteroatoms. The van der Waals surface area contributed by atoms with Gasteiger partial charge in [0.15, 0.2) is 0 Å². The quantitative estimate of drug-likeness (QED) is 0.547. The number of imide groups is 2. The highest BCUT2D eigenvalue weighted by Gasteiger charge is 2.37. The summed E-state index contributed by atoms with van der Waals surface area (Å²) in [6.07, 6.45) is 3.32. The molecule has 4 rings (SSSR count). The lowest BCUT2D eigenvalue weighted by molar-refractivity contribution is -0.122. The highest BCUT2D eigenvalue weighted by atomic mass is 35.5. The van der Waals surface area contributed by atoms with Crippen LogP contribution in [0.2, 0.25) is 5.02 Å². The van der Waals surface area contributed by atoms with E-state index in [1.54, 1.807) is 24.3 Å². The third-order valence-corrected chi connectivity index (χ3v) is 4.74. The Hall–Kier alpha value is -3.38. The molecular weight excluding hydrogens is 366 g/mol. The first kappa shape index (κ1) is 17.1. The molecule has 6 nitrogen and oxygen atoms in total. The fourth-order valence-corrected chi connectivity index (χ4v) is 3.37. The lowest BCUT2D eigenvalue weighted by Gasteiger charge is -2.26. The maximum Gasteiger partial charge on any atom is 0.335 e. The van der Waals surface area contributed by atoms with Crippen LogP contribution in [0.3, 0.4) is 0 Å². The largest absolute Gasteiger partial charge is 0.350 e. The van der Waals surface area contributed by atoms with Gasteiger partial charge < -0.3 is 4.57 Å². The van der Waals surface area contributed by atoms with E-state index in [1.165, 1.54) is 6.08 Å². The molecule has 4 amide bonds. The van der Waals surface area contributed by atoms with Crippen LogP contribution in [0.1, 0.15) is 5.56 Å². The number of carbonyl (C=O) groups is 3. The lowest BCUT2D eigenvalue weighted by Crippen LogP contribution is -2.54. The van der Waals surface area contributed by atoms with Crippen molar-refractivity contribution in [1.82, 2.24) is 9.88 Å². The average molecular weight is 380 g/mol. The number of carbonyl (C=O) groups excluding carboxylic acids is 3. The number of amides is 4. The van der Waals surface area contributed by atoms with Crippen LogP contribution < -0.4 is 10.2 Å². The minimum atomic E-state index is -0.826. The van der Waals surface area contributed by atoms with Gasteiger partial charge in [-0.3, -0.25) is 14.9 Å². The number of anilines is 1. The van der Waals surface area contributed by atoms with E-state index < -0.39 is 17.8 Å². The smallest absolute Gasteiger partial charge is 0.335 e. The van der Waals surface area contributed by atoms with E-state index in [-0.39, 0.29) is 16.3 Å². The molecule has 134 valence electrons. The number of nitrogens with one attached hydrogen (secondary N) is 1. The van der Waals surface area contributed by atoms with Crippen LogP contribution in [0.4, 0.5) is 10.5 Å². The number of rotatable bonds is 2. The van der Waals surface area contributed by atoms with Crippen molar-refractivity contribution in [3.05, 3.63) is 70.9 Å². The van der Waals surface area contributed by atoms with Crippen LogP contribution in [0.25, 0.3) is 17.0 Å². The lowest BCUT2D eigenvalue weighted by atomic mass is 10.1. The van der Waals surface area contributed by atoms with E-state index in [2.05, 4.69) is 5.32 Å². The monoisotopic (exact) mass is 379 g/mol. The number of benzene rings is 2. The second kappa shape index (κ2) is 6.41. The highest BCUT2D eigenvalue weighted by molar-refractivity contribution is 6.42. The van der Waals surface area contributed by atoms with Crippen molar-refractivity contribution in [2.24, 2.45) is 7.05 Å². The van der Waals surface area contributed by atoms with E-state index in [9.17, 15) is 14.4 Å². The average Bonchev–Trinajstić information content (AvgIpc) is 2.96. The summed E-state index contributed by atoms with van der Waals surface area (Å²) in [4.78, 5) is 38.4. The van der Waals surface area contributed by atoms with Gasteiger partial charge in [0, 0.05) is 29.7 Å². The first-order valence-electron chi connectivity index (χ1n) is 8.17. The van der Waals surface area contributed by atoms with Crippen molar-refractivity contribution in [3.63, 3.8) is 0 Å². The standard InChI is InChI=1S/C20H14ClN3O3/c1-23-11-12(13-6-2-4-8-16(13)23)10-14-18(25)22-20(27)24(19(14)26)17-9-5-3-7-15(17)21/h2-11H,1H3,(H,22,25,27)/b14-10-. The maximum absolute atomic E-state index is 13.0. The SMILES string of the molecule is Cn1cc(/C=C2/C(=O)NC(=O)N(c3ccccc3Cl)C2=O)c2ccccc21. The Labute approximate surface area is 159 Å². The van der Waals surface area contributed by atoms with Gasteiger partial charge in [-0.2, -0.15) is 0 Å². The van der Waals surface area contributed by atoms with E-state index in [0.29, 0.717) is 5.56 Å². The molecule has 0 radical (unpaired) electrons. The first-order valence-corrected chi connectivity index (χ1v) is 8.55. The summed E-state index contributed by atoms with van der Waals surface area (Å²) >= 11 is 6.13. The molecule has 1 aromatic heterocycles. The zero-order valence-corrected chi connectivity index (χ0v) is 15.0. The second-order valence-electron chi connectivity index (χ2n) is 6.12. The predicted molar refractivity (Wildman–Crippen MR) is 103 cm³/mol. The summed E-state index contributed by atoms with van der Waals surface area (Å²) in [7, 11) is 1.88. The zero-order valence-electron chi connectivity index (χ0n) is 14.3. The van der Waals surface area contributed by atoms with Crippen molar-refractivity contribution in [2.45, 2.75) is 0 Å². The molecule has 3 aromatic rings. The minimum absolute atomic E-state index is 0.133. The zero-order chi connectivity index (χ0) is 19.1. The van der Waals surface area contributed by atoms with Crippen LogP contribution in [0.15, 0.2) is 60.3 Å². The van der Waals surface area contributed by atoms with Crippen LogP contribution in [0, 0.1) is 0 Å². The van der Waals surface area contributed by atoms with Crippen molar-refractivity contribution in [3.8, 4) is 0 Å². The highest BCUT2D eigenvalue weighted by Crippen LogP contribution is 2.29. The van der Waals surface area contributed by atoms with Gasteiger partial charge in [0.1, 0.15) is 5.57 Å². The second-order valence-corrected chi connectivity index (χ2v) is 6.53. The Morgan fingerprint density at radius 1 is 1.00 bits per heavy atom. The molecule has 0 spiro atoms. The van der Waals surface area contributed by atoms with Crippen LogP contribution >= 0.6 is 11.6 Å². The van der Waals surface area contributed by atoms with E-state index >= 15 is 0 Å².